The van der Waals surface area contributed by atoms with Crippen LogP contribution in [0.2, 0.25) is 5.02 Å². The molecule has 1 aliphatic rings. The van der Waals surface area contributed by atoms with Gasteiger partial charge in [-0.2, -0.15) is 13.2 Å². The van der Waals surface area contributed by atoms with Crippen molar-refractivity contribution in [2.45, 2.75) is 33.0 Å². The van der Waals surface area contributed by atoms with E-state index in [1.165, 1.54) is 6.07 Å². The van der Waals surface area contributed by atoms with E-state index in [1.54, 1.807) is 6.07 Å². The molecule has 22 heavy (non-hydrogen) atoms. The fourth-order valence-electron chi connectivity index (χ4n) is 3.13. The predicted octanol–water partition coefficient (Wildman–Crippen LogP) is 4.35. The van der Waals surface area contributed by atoms with Crippen LogP contribution in [0.5, 0.6) is 0 Å². The molecule has 0 spiro atoms. The number of nitrogens with one attached hydrogen (secondary N) is 1. The lowest BCUT2D eigenvalue weighted by Gasteiger charge is -2.42. The Morgan fingerprint density at radius 2 is 1.73 bits per heavy atom. The highest BCUT2D eigenvalue weighted by atomic mass is 35.5. The fourth-order valence-corrected chi connectivity index (χ4v) is 3.43. The third-order valence-electron chi connectivity index (χ3n) is 3.95. The Bertz CT molecular complexity index is 517. The summed E-state index contributed by atoms with van der Waals surface area (Å²) in [4.78, 5) is 2.31. The van der Waals surface area contributed by atoms with Gasteiger partial charge in [0.25, 0.3) is 0 Å². The molecule has 1 aromatic carbocycles. The molecule has 0 bridgehead atoms. The predicted molar refractivity (Wildman–Crippen MR) is 83.1 cm³/mol. The van der Waals surface area contributed by atoms with Crippen LogP contribution in [0, 0.1) is 5.41 Å². The number of rotatable bonds is 2. The lowest BCUT2D eigenvalue weighted by molar-refractivity contribution is -0.137. The zero-order chi connectivity index (χ0) is 16.5. The highest BCUT2D eigenvalue weighted by Gasteiger charge is 2.36. The smallest absolute Gasteiger partial charge is 0.314 e. The van der Waals surface area contributed by atoms with Crippen LogP contribution in [-0.2, 0) is 6.18 Å². The van der Waals surface area contributed by atoms with Crippen LogP contribution in [-0.4, -0.2) is 31.1 Å². The van der Waals surface area contributed by atoms with E-state index in [-0.39, 0.29) is 16.5 Å². The van der Waals surface area contributed by atoms with Crippen molar-refractivity contribution in [3.8, 4) is 0 Å². The maximum absolute atomic E-state index is 12.9. The van der Waals surface area contributed by atoms with Crippen molar-refractivity contribution < 1.29 is 13.2 Å². The summed E-state index contributed by atoms with van der Waals surface area (Å²) in [5, 5.41) is 3.07. The number of hydrogen-bond donors (Lipinski definition) is 1. The number of hydrogen-bond acceptors (Lipinski definition) is 2. The molecule has 2 nitrogen and oxygen atoms in total. The minimum absolute atomic E-state index is 0.0365. The number of benzene rings is 1. The molecular formula is C16H22ClF3N2. The van der Waals surface area contributed by atoms with Gasteiger partial charge in [0.1, 0.15) is 0 Å². The van der Waals surface area contributed by atoms with Gasteiger partial charge in [0.2, 0.25) is 0 Å². The lowest BCUT2D eigenvalue weighted by Crippen LogP contribution is -2.48. The first-order valence-corrected chi connectivity index (χ1v) is 7.80. The van der Waals surface area contributed by atoms with Gasteiger partial charge < -0.3 is 5.32 Å². The number of piperazine rings is 1. The van der Waals surface area contributed by atoms with Crippen LogP contribution < -0.4 is 5.32 Å². The Kier molecular flexibility index (Phi) is 5.09. The molecule has 1 aromatic rings. The van der Waals surface area contributed by atoms with Crippen molar-refractivity contribution in [3.63, 3.8) is 0 Å². The van der Waals surface area contributed by atoms with Gasteiger partial charge in [-0.3, -0.25) is 4.90 Å². The minimum Gasteiger partial charge on any atom is -0.314 e. The molecule has 1 fully saturated rings. The molecule has 1 aliphatic heterocycles. The molecule has 6 heteroatoms. The van der Waals surface area contributed by atoms with Gasteiger partial charge in [-0.1, -0.05) is 38.4 Å². The van der Waals surface area contributed by atoms with Crippen molar-refractivity contribution in [3.05, 3.63) is 34.3 Å². The molecule has 0 saturated carbocycles. The van der Waals surface area contributed by atoms with Gasteiger partial charge in [0.05, 0.1) is 10.6 Å². The van der Waals surface area contributed by atoms with E-state index >= 15 is 0 Å². The van der Waals surface area contributed by atoms with E-state index in [2.05, 4.69) is 31.0 Å². The second kappa shape index (κ2) is 6.38. The molecule has 124 valence electrons. The molecule has 1 heterocycles. The molecule has 1 N–H and O–H groups in total. The number of alkyl halides is 3. The molecule has 0 radical (unpaired) electrons. The summed E-state index contributed by atoms with van der Waals surface area (Å²) in [5.74, 6) is 0. The topological polar surface area (TPSA) is 15.3 Å². The molecule has 0 aromatic heterocycles. The normalized spacial score (nSPS) is 19.2. The average Bonchev–Trinajstić information content (AvgIpc) is 2.37. The van der Waals surface area contributed by atoms with Gasteiger partial charge >= 0.3 is 6.18 Å². The second-order valence-corrected chi connectivity index (χ2v) is 7.20. The Morgan fingerprint density at radius 1 is 1.14 bits per heavy atom. The summed E-state index contributed by atoms with van der Waals surface area (Å²) in [6.07, 6.45) is -4.41. The Morgan fingerprint density at radius 3 is 2.18 bits per heavy atom. The van der Waals surface area contributed by atoms with Crippen LogP contribution in [0.25, 0.3) is 0 Å². The Balaban J connectivity index is 2.38. The average molecular weight is 335 g/mol. The van der Waals surface area contributed by atoms with Gasteiger partial charge in [-0.05, 0) is 23.1 Å². The van der Waals surface area contributed by atoms with Gasteiger partial charge in [-0.15, -0.1) is 0 Å². The monoisotopic (exact) mass is 334 g/mol. The van der Waals surface area contributed by atoms with Gasteiger partial charge in [0, 0.05) is 32.2 Å². The summed E-state index contributed by atoms with van der Waals surface area (Å²) < 4.78 is 38.6. The van der Waals surface area contributed by atoms with Crippen LogP contribution in [0.15, 0.2) is 18.2 Å². The van der Waals surface area contributed by atoms with Crippen molar-refractivity contribution in [2.75, 3.05) is 26.2 Å². The molecule has 0 unspecified atom stereocenters. The maximum atomic E-state index is 12.9. The van der Waals surface area contributed by atoms with E-state index < -0.39 is 11.7 Å². The maximum Gasteiger partial charge on any atom is 0.417 e. The van der Waals surface area contributed by atoms with Crippen molar-refractivity contribution in [1.29, 1.82) is 0 Å². The summed E-state index contributed by atoms with van der Waals surface area (Å²) >= 11 is 5.90. The first-order chi connectivity index (χ1) is 10.1. The van der Waals surface area contributed by atoms with E-state index in [4.69, 9.17) is 11.6 Å². The summed E-state index contributed by atoms with van der Waals surface area (Å²) in [7, 11) is 0. The van der Waals surface area contributed by atoms with Crippen LogP contribution >= 0.6 is 11.6 Å². The molecule has 1 saturated heterocycles. The summed E-state index contributed by atoms with van der Waals surface area (Å²) in [6, 6.07) is 4.17. The first-order valence-electron chi connectivity index (χ1n) is 7.42. The molecular weight excluding hydrogens is 313 g/mol. The Labute approximate surface area is 134 Å². The van der Waals surface area contributed by atoms with Crippen LogP contribution in [0.3, 0.4) is 0 Å². The zero-order valence-corrected chi connectivity index (χ0v) is 13.9. The minimum atomic E-state index is -4.41. The molecule has 1 atom stereocenters. The zero-order valence-electron chi connectivity index (χ0n) is 13.1. The SMILES string of the molecule is CC(C)(C)[C@H](c1ccc(C(F)(F)F)c(Cl)c1)N1CCNCC1. The van der Waals surface area contributed by atoms with Crippen LogP contribution in [0.1, 0.15) is 37.9 Å². The van der Waals surface area contributed by atoms with Crippen molar-refractivity contribution in [1.82, 2.24) is 10.2 Å². The second-order valence-electron chi connectivity index (χ2n) is 6.79. The van der Waals surface area contributed by atoms with Crippen LogP contribution in [0.4, 0.5) is 13.2 Å². The summed E-state index contributed by atoms with van der Waals surface area (Å²) in [6.45, 7) is 9.84. The highest BCUT2D eigenvalue weighted by Crippen LogP contribution is 2.41. The first kappa shape index (κ1) is 17.6. The number of halogens is 4. The quantitative estimate of drug-likeness (QED) is 0.865. The van der Waals surface area contributed by atoms with E-state index in [1.807, 2.05) is 0 Å². The summed E-state index contributed by atoms with van der Waals surface area (Å²) in [5.41, 5.74) is -0.0289. The van der Waals surface area contributed by atoms with E-state index in [0.29, 0.717) is 0 Å². The van der Waals surface area contributed by atoms with Crippen molar-refractivity contribution >= 4 is 11.6 Å². The number of nitrogens with zero attached hydrogens (tertiary/aromatic N) is 1. The lowest BCUT2D eigenvalue weighted by atomic mass is 9.80. The van der Waals surface area contributed by atoms with E-state index in [0.717, 1.165) is 37.8 Å². The highest BCUT2D eigenvalue weighted by molar-refractivity contribution is 6.31. The van der Waals surface area contributed by atoms with Gasteiger partial charge in [-0.25, -0.2) is 0 Å². The third kappa shape index (κ3) is 3.94. The molecule has 2 rings (SSSR count). The fraction of sp³-hybridized carbons (Fsp3) is 0.625. The third-order valence-corrected chi connectivity index (χ3v) is 4.26. The molecule has 0 amide bonds. The van der Waals surface area contributed by atoms with E-state index in [9.17, 15) is 13.2 Å². The molecule has 0 aliphatic carbocycles. The standard InChI is InChI=1S/C16H22ClF3N2/c1-15(2,3)14(22-8-6-21-7-9-22)11-4-5-12(13(17)10-11)16(18,19)20/h4-5,10,14,21H,6-9H2,1-3H3/t14-/m0/s1. The Hall–Kier alpha value is -0.780. The van der Waals surface area contributed by atoms with Gasteiger partial charge in [0.15, 0.2) is 0 Å². The van der Waals surface area contributed by atoms with Crippen molar-refractivity contribution in [2.24, 2.45) is 5.41 Å². The largest absolute Gasteiger partial charge is 0.417 e.